The van der Waals surface area contributed by atoms with Gasteiger partial charge in [0, 0.05) is 24.2 Å². The Morgan fingerprint density at radius 1 is 1.05 bits per heavy atom. The zero-order valence-electron chi connectivity index (χ0n) is 11.8. The summed E-state index contributed by atoms with van der Waals surface area (Å²) in [6.07, 6.45) is 1.16. The molecule has 0 radical (unpaired) electrons. The fourth-order valence-corrected chi connectivity index (χ4v) is 2.73. The van der Waals surface area contributed by atoms with Gasteiger partial charge in [-0.2, -0.15) is 0 Å². The van der Waals surface area contributed by atoms with Crippen molar-refractivity contribution < 1.29 is 9.47 Å². The first-order valence-electron chi connectivity index (χ1n) is 6.85. The highest BCUT2D eigenvalue weighted by Gasteiger charge is 2.24. The van der Waals surface area contributed by atoms with Crippen LogP contribution in [0.1, 0.15) is 17.0 Å². The molecule has 3 nitrogen and oxygen atoms in total. The second-order valence-corrected chi connectivity index (χ2v) is 5.05. The van der Waals surface area contributed by atoms with Crippen LogP contribution in [0.2, 0.25) is 0 Å². The second kappa shape index (κ2) is 5.45. The summed E-state index contributed by atoms with van der Waals surface area (Å²) in [5, 5.41) is 3.48. The Morgan fingerprint density at radius 2 is 1.85 bits per heavy atom. The third-order valence-electron chi connectivity index (χ3n) is 3.90. The maximum atomic E-state index is 5.32. The largest absolute Gasteiger partial charge is 0.493 e. The molecular formula is C17H19NO2. The summed E-state index contributed by atoms with van der Waals surface area (Å²) in [5.74, 6) is 2.12. The highest BCUT2D eigenvalue weighted by atomic mass is 16.5. The molecule has 20 heavy (non-hydrogen) atoms. The minimum atomic E-state index is 0.610. The Kier molecular flexibility index (Phi) is 3.50. The number of rotatable bonds is 5. The standard InChI is InChI=1S/C17H19NO2/c1-19-16-8-7-14(10-17(16)20-2)18-11-13-9-12-5-3-4-6-15(12)13/h3-8,10,13,18H,9,11H2,1-2H3. The third-order valence-corrected chi connectivity index (χ3v) is 3.90. The van der Waals surface area contributed by atoms with E-state index in [2.05, 4.69) is 29.6 Å². The summed E-state index contributed by atoms with van der Waals surface area (Å²) in [6, 6.07) is 14.6. The normalized spacial score (nSPS) is 16.0. The average Bonchev–Trinajstić information content (AvgIpc) is 2.48. The van der Waals surface area contributed by atoms with Crippen LogP contribution in [0.5, 0.6) is 11.5 Å². The van der Waals surface area contributed by atoms with E-state index in [0.29, 0.717) is 5.92 Å². The van der Waals surface area contributed by atoms with Gasteiger partial charge in [-0.25, -0.2) is 0 Å². The van der Waals surface area contributed by atoms with Crippen molar-refractivity contribution in [3.8, 4) is 11.5 Å². The van der Waals surface area contributed by atoms with E-state index in [1.54, 1.807) is 14.2 Å². The van der Waals surface area contributed by atoms with Crippen LogP contribution in [-0.4, -0.2) is 20.8 Å². The molecule has 0 amide bonds. The van der Waals surface area contributed by atoms with E-state index in [4.69, 9.17) is 9.47 Å². The topological polar surface area (TPSA) is 30.5 Å². The van der Waals surface area contributed by atoms with Crippen molar-refractivity contribution in [2.45, 2.75) is 12.3 Å². The first-order chi connectivity index (χ1) is 9.81. The molecule has 1 unspecified atom stereocenters. The SMILES string of the molecule is COc1ccc(NCC2Cc3ccccc32)cc1OC. The van der Waals surface area contributed by atoms with Crippen molar-refractivity contribution in [3.63, 3.8) is 0 Å². The van der Waals surface area contributed by atoms with Crippen molar-refractivity contribution in [3.05, 3.63) is 53.6 Å². The molecular weight excluding hydrogens is 250 g/mol. The van der Waals surface area contributed by atoms with Crippen molar-refractivity contribution in [1.29, 1.82) is 0 Å². The van der Waals surface area contributed by atoms with Gasteiger partial charge in [0.25, 0.3) is 0 Å². The molecule has 1 aliphatic carbocycles. The summed E-state index contributed by atoms with van der Waals surface area (Å²) < 4.78 is 10.6. The number of methoxy groups -OCH3 is 2. The molecule has 2 aromatic rings. The van der Waals surface area contributed by atoms with Gasteiger partial charge in [-0.1, -0.05) is 24.3 Å². The van der Waals surface area contributed by atoms with Gasteiger partial charge in [0.05, 0.1) is 14.2 Å². The Bertz CT molecular complexity index is 610. The average molecular weight is 269 g/mol. The molecule has 104 valence electrons. The van der Waals surface area contributed by atoms with Crippen LogP contribution in [0.15, 0.2) is 42.5 Å². The van der Waals surface area contributed by atoms with Gasteiger partial charge < -0.3 is 14.8 Å². The summed E-state index contributed by atoms with van der Waals surface area (Å²) in [5.41, 5.74) is 4.01. The molecule has 0 aromatic heterocycles. The van der Waals surface area contributed by atoms with Crippen molar-refractivity contribution in [2.24, 2.45) is 0 Å². The van der Waals surface area contributed by atoms with Crippen LogP contribution < -0.4 is 14.8 Å². The molecule has 1 N–H and O–H groups in total. The lowest BCUT2D eigenvalue weighted by atomic mass is 9.77. The molecule has 2 aromatic carbocycles. The monoisotopic (exact) mass is 269 g/mol. The van der Waals surface area contributed by atoms with Crippen LogP contribution in [0, 0.1) is 0 Å². The number of anilines is 1. The second-order valence-electron chi connectivity index (χ2n) is 5.05. The van der Waals surface area contributed by atoms with Crippen LogP contribution in [0.25, 0.3) is 0 Å². The van der Waals surface area contributed by atoms with Gasteiger partial charge in [-0.15, -0.1) is 0 Å². The van der Waals surface area contributed by atoms with Crippen LogP contribution in [0.4, 0.5) is 5.69 Å². The molecule has 0 bridgehead atoms. The number of ether oxygens (including phenoxy) is 2. The highest BCUT2D eigenvalue weighted by Crippen LogP contribution is 2.35. The van der Waals surface area contributed by atoms with E-state index >= 15 is 0 Å². The number of hydrogen-bond acceptors (Lipinski definition) is 3. The summed E-state index contributed by atoms with van der Waals surface area (Å²) in [7, 11) is 3.31. The smallest absolute Gasteiger partial charge is 0.162 e. The van der Waals surface area contributed by atoms with Crippen LogP contribution in [-0.2, 0) is 6.42 Å². The lowest BCUT2D eigenvalue weighted by Gasteiger charge is -2.30. The molecule has 3 heteroatoms. The predicted octanol–water partition coefficient (Wildman–Crippen LogP) is 3.46. The number of hydrogen-bond donors (Lipinski definition) is 1. The van der Waals surface area contributed by atoms with Gasteiger partial charge >= 0.3 is 0 Å². The molecule has 0 heterocycles. The zero-order chi connectivity index (χ0) is 13.9. The first-order valence-corrected chi connectivity index (χ1v) is 6.85. The molecule has 0 fully saturated rings. The lowest BCUT2D eigenvalue weighted by molar-refractivity contribution is 0.355. The van der Waals surface area contributed by atoms with Crippen LogP contribution >= 0.6 is 0 Å². The minimum absolute atomic E-state index is 0.610. The quantitative estimate of drug-likeness (QED) is 0.901. The Balaban J connectivity index is 1.65. The summed E-state index contributed by atoms with van der Waals surface area (Å²) >= 11 is 0. The summed E-state index contributed by atoms with van der Waals surface area (Å²) in [6.45, 7) is 0.951. The molecule has 0 saturated heterocycles. The minimum Gasteiger partial charge on any atom is -0.493 e. The molecule has 3 rings (SSSR count). The van der Waals surface area contributed by atoms with E-state index in [0.717, 1.165) is 30.2 Å². The molecule has 0 saturated carbocycles. The predicted molar refractivity (Wildman–Crippen MR) is 80.9 cm³/mol. The highest BCUT2D eigenvalue weighted by molar-refractivity contribution is 5.55. The number of fused-ring (bicyclic) bond motifs is 1. The van der Waals surface area contributed by atoms with E-state index in [1.165, 1.54) is 11.1 Å². The number of benzene rings is 2. The maximum Gasteiger partial charge on any atom is 0.162 e. The molecule has 0 aliphatic heterocycles. The van der Waals surface area contributed by atoms with E-state index in [9.17, 15) is 0 Å². The third kappa shape index (κ3) is 2.31. The van der Waals surface area contributed by atoms with Gasteiger partial charge in [0.1, 0.15) is 0 Å². The fraction of sp³-hybridized carbons (Fsp3) is 0.294. The van der Waals surface area contributed by atoms with Crippen LogP contribution in [0.3, 0.4) is 0 Å². The maximum absolute atomic E-state index is 5.32. The van der Waals surface area contributed by atoms with Gasteiger partial charge in [0.15, 0.2) is 11.5 Å². The van der Waals surface area contributed by atoms with Crippen molar-refractivity contribution in [2.75, 3.05) is 26.1 Å². The van der Waals surface area contributed by atoms with E-state index < -0.39 is 0 Å². The first kappa shape index (κ1) is 12.9. The van der Waals surface area contributed by atoms with Gasteiger partial charge in [0.2, 0.25) is 0 Å². The zero-order valence-corrected chi connectivity index (χ0v) is 11.8. The summed E-state index contributed by atoms with van der Waals surface area (Å²) in [4.78, 5) is 0. The van der Waals surface area contributed by atoms with Gasteiger partial charge in [-0.05, 0) is 29.7 Å². The van der Waals surface area contributed by atoms with Crippen molar-refractivity contribution >= 4 is 5.69 Å². The Hall–Kier alpha value is -2.16. The van der Waals surface area contributed by atoms with Gasteiger partial charge in [-0.3, -0.25) is 0 Å². The lowest BCUT2D eigenvalue weighted by Crippen LogP contribution is -2.24. The van der Waals surface area contributed by atoms with E-state index in [1.807, 2.05) is 18.2 Å². The molecule has 1 aliphatic rings. The fourth-order valence-electron chi connectivity index (χ4n) is 2.73. The Morgan fingerprint density at radius 3 is 2.60 bits per heavy atom. The molecule has 0 spiro atoms. The molecule has 1 atom stereocenters. The van der Waals surface area contributed by atoms with E-state index in [-0.39, 0.29) is 0 Å². The van der Waals surface area contributed by atoms with Crippen molar-refractivity contribution in [1.82, 2.24) is 0 Å². The Labute approximate surface area is 119 Å². The number of nitrogens with one attached hydrogen (secondary N) is 1.